The van der Waals surface area contributed by atoms with Crippen molar-refractivity contribution in [2.45, 2.75) is 5.75 Å². The standard InChI is InChI=1S/C7H8S.Au/c8-6-7-4-2-1-3-5-7;/h1-5,8H,6H2;. The smallest absolute Gasteiger partial charge is 0.0154 e. The van der Waals surface area contributed by atoms with E-state index in [2.05, 4.69) is 24.8 Å². The summed E-state index contributed by atoms with van der Waals surface area (Å²) in [4.78, 5) is 0. The normalized spacial score (nSPS) is 8.11. The number of rotatable bonds is 1. The molecule has 0 saturated carbocycles. The van der Waals surface area contributed by atoms with E-state index in [0.717, 1.165) is 5.75 Å². The maximum Gasteiger partial charge on any atom is 0.0154 e. The molecule has 0 aliphatic rings. The monoisotopic (exact) mass is 321 g/mol. The maximum atomic E-state index is 4.11. The zero-order valence-corrected chi connectivity index (χ0v) is 7.90. The molecule has 1 rings (SSSR count). The fourth-order valence-electron chi connectivity index (χ4n) is 0.583. The van der Waals surface area contributed by atoms with Gasteiger partial charge in [-0.1, -0.05) is 30.3 Å². The number of hydrogen-bond donors (Lipinski definition) is 1. The Labute approximate surface area is 76.6 Å². The van der Waals surface area contributed by atoms with Gasteiger partial charge in [0.05, 0.1) is 0 Å². The second-order valence-electron chi connectivity index (χ2n) is 1.64. The Kier molecular flexibility index (Phi) is 5.30. The largest absolute Gasteiger partial charge is 0.175 e. The molecule has 2 heteroatoms. The molecule has 0 aliphatic heterocycles. The Hall–Kier alpha value is 0.310. The van der Waals surface area contributed by atoms with E-state index in [1.165, 1.54) is 5.56 Å². The molecule has 1 radical (unpaired) electrons. The summed E-state index contributed by atoms with van der Waals surface area (Å²) in [7, 11) is 0. The summed E-state index contributed by atoms with van der Waals surface area (Å²) in [6.07, 6.45) is 0. The first kappa shape index (κ1) is 9.31. The van der Waals surface area contributed by atoms with Crippen molar-refractivity contribution in [3.63, 3.8) is 0 Å². The Bertz CT molecular complexity index is 150. The summed E-state index contributed by atoms with van der Waals surface area (Å²) in [5.41, 5.74) is 1.27. The molecule has 0 saturated heterocycles. The SMILES string of the molecule is SCc1ccccc1.[Au]. The minimum atomic E-state index is 0. The van der Waals surface area contributed by atoms with Crippen molar-refractivity contribution in [2.75, 3.05) is 0 Å². The summed E-state index contributed by atoms with van der Waals surface area (Å²) in [6, 6.07) is 10.2. The summed E-state index contributed by atoms with van der Waals surface area (Å²) in [5, 5.41) is 0. The molecule has 0 spiro atoms. The summed E-state index contributed by atoms with van der Waals surface area (Å²) in [5.74, 6) is 0.834. The second-order valence-corrected chi connectivity index (χ2v) is 1.96. The molecule has 53 valence electrons. The van der Waals surface area contributed by atoms with Gasteiger partial charge in [-0.25, -0.2) is 0 Å². The van der Waals surface area contributed by atoms with Crippen LogP contribution < -0.4 is 0 Å². The molecule has 0 nitrogen and oxygen atoms in total. The minimum absolute atomic E-state index is 0. The van der Waals surface area contributed by atoms with Crippen molar-refractivity contribution in [1.29, 1.82) is 0 Å². The van der Waals surface area contributed by atoms with Crippen LogP contribution in [0.15, 0.2) is 30.3 Å². The van der Waals surface area contributed by atoms with E-state index in [0.29, 0.717) is 0 Å². The number of benzene rings is 1. The van der Waals surface area contributed by atoms with E-state index >= 15 is 0 Å². The van der Waals surface area contributed by atoms with Crippen LogP contribution >= 0.6 is 12.6 Å². The zero-order valence-electron chi connectivity index (χ0n) is 4.84. The molecule has 0 fully saturated rings. The quantitative estimate of drug-likeness (QED) is 0.594. The second kappa shape index (κ2) is 5.12. The van der Waals surface area contributed by atoms with Gasteiger partial charge in [0.25, 0.3) is 0 Å². The molecular weight excluding hydrogens is 313 g/mol. The predicted octanol–water partition coefficient (Wildman–Crippen LogP) is 2.11. The van der Waals surface area contributed by atoms with E-state index in [1.54, 1.807) is 0 Å². The van der Waals surface area contributed by atoms with Crippen molar-refractivity contribution in [3.05, 3.63) is 35.9 Å². The Balaban J connectivity index is 0.000000640. The van der Waals surface area contributed by atoms with Gasteiger partial charge in [0.15, 0.2) is 0 Å². The summed E-state index contributed by atoms with van der Waals surface area (Å²) in [6.45, 7) is 0. The van der Waals surface area contributed by atoms with Crippen LogP contribution in [-0.4, -0.2) is 0 Å². The van der Waals surface area contributed by atoms with Crippen LogP contribution in [0.25, 0.3) is 0 Å². The fraction of sp³-hybridized carbons (Fsp3) is 0.143. The van der Waals surface area contributed by atoms with Gasteiger partial charge >= 0.3 is 0 Å². The van der Waals surface area contributed by atoms with Crippen LogP contribution in [0.2, 0.25) is 0 Å². The molecule has 0 bridgehead atoms. The van der Waals surface area contributed by atoms with E-state index in [9.17, 15) is 0 Å². The topological polar surface area (TPSA) is 0 Å². The molecule has 1 aromatic carbocycles. The fourth-order valence-corrected chi connectivity index (χ4v) is 0.794. The first-order valence-corrected chi connectivity index (χ1v) is 3.21. The van der Waals surface area contributed by atoms with Gasteiger partial charge in [-0.3, -0.25) is 0 Å². The van der Waals surface area contributed by atoms with Gasteiger partial charge in [0.2, 0.25) is 0 Å². The Morgan fingerprint density at radius 3 is 2.00 bits per heavy atom. The third-order valence-corrected chi connectivity index (χ3v) is 1.39. The molecule has 0 amide bonds. The van der Waals surface area contributed by atoms with Crippen molar-refractivity contribution >= 4 is 12.6 Å². The molecule has 0 heterocycles. The van der Waals surface area contributed by atoms with Crippen LogP contribution in [0.3, 0.4) is 0 Å². The first-order chi connectivity index (χ1) is 3.93. The van der Waals surface area contributed by atoms with Crippen molar-refractivity contribution in [3.8, 4) is 0 Å². The summed E-state index contributed by atoms with van der Waals surface area (Å²) < 4.78 is 0. The van der Waals surface area contributed by atoms with Crippen LogP contribution in [0.4, 0.5) is 0 Å². The van der Waals surface area contributed by atoms with Gasteiger partial charge in [0.1, 0.15) is 0 Å². The average Bonchev–Trinajstić information content (AvgIpc) is 1.90. The summed E-state index contributed by atoms with van der Waals surface area (Å²) >= 11 is 4.11. The molecule has 1 aromatic rings. The van der Waals surface area contributed by atoms with E-state index in [-0.39, 0.29) is 22.4 Å². The zero-order chi connectivity index (χ0) is 5.82. The molecule has 9 heavy (non-hydrogen) atoms. The van der Waals surface area contributed by atoms with Gasteiger partial charge in [-0.2, -0.15) is 12.6 Å². The van der Waals surface area contributed by atoms with Crippen molar-refractivity contribution in [2.24, 2.45) is 0 Å². The van der Waals surface area contributed by atoms with E-state index in [1.807, 2.05) is 18.2 Å². The molecule has 0 N–H and O–H groups in total. The van der Waals surface area contributed by atoms with E-state index < -0.39 is 0 Å². The van der Waals surface area contributed by atoms with Crippen LogP contribution in [-0.2, 0) is 28.1 Å². The Morgan fingerprint density at radius 2 is 1.67 bits per heavy atom. The third-order valence-electron chi connectivity index (χ3n) is 1.03. The molecule has 0 unspecified atom stereocenters. The molecule has 0 atom stereocenters. The predicted molar refractivity (Wildman–Crippen MR) is 39.1 cm³/mol. The number of hydrogen-bond acceptors (Lipinski definition) is 1. The van der Waals surface area contributed by atoms with Gasteiger partial charge in [0, 0.05) is 28.1 Å². The van der Waals surface area contributed by atoms with E-state index in [4.69, 9.17) is 0 Å². The van der Waals surface area contributed by atoms with Crippen LogP contribution in [0.1, 0.15) is 5.56 Å². The van der Waals surface area contributed by atoms with Gasteiger partial charge in [-0.05, 0) is 5.56 Å². The van der Waals surface area contributed by atoms with Crippen LogP contribution in [0, 0.1) is 0 Å². The Morgan fingerprint density at radius 1 is 1.11 bits per heavy atom. The third kappa shape index (κ3) is 3.11. The van der Waals surface area contributed by atoms with Crippen LogP contribution in [0.5, 0.6) is 0 Å². The van der Waals surface area contributed by atoms with Crippen molar-refractivity contribution in [1.82, 2.24) is 0 Å². The number of thiol groups is 1. The molecule has 0 aromatic heterocycles. The van der Waals surface area contributed by atoms with Crippen molar-refractivity contribution < 1.29 is 22.4 Å². The van der Waals surface area contributed by atoms with Gasteiger partial charge < -0.3 is 0 Å². The average molecular weight is 321 g/mol. The molecular formula is C7H8AuS. The maximum absolute atomic E-state index is 4.11. The molecule has 0 aliphatic carbocycles. The van der Waals surface area contributed by atoms with Gasteiger partial charge in [-0.15, -0.1) is 0 Å². The first-order valence-electron chi connectivity index (χ1n) is 2.58. The minimum Gasteiger partial charge on any atom is -0.175 e.